The van der Waals surface area contributed by atoms with Crippen LogP contribution in [-0.4, -0.2) is 53.9 Å². The summed E-state index contributed by atoms with van der Waals surface area (Å²) in [6.45, 7) is 4.83. The first kappa shape index (κ1) is 23.8. The van der Waals surface area contributed by atoms with Gasteiger partial charge in [0.2, 0.25) is 10.0 Å². The first-order valence-electron chi connectivity index (χ1n) is 11.0. The number of fused-ring (bicyclic) bond motifs is 1. The smallest absolute Gasteiger partial charge is 0.311 e. The monoisotopic (exact) mass is 486 g/mol. The van der Waals surface area contributed by atoms with Crippen LogP contribution in [0.25, 0.3) is 10.9 Å². The number of hydrogen-bond acceptors (Lipinski definition) is 8. The second-order valence-corrected chi connectivity index (χ2v) is 10.2. The minimum Gasteiger partial charge on any atom is -0.452 e. The van der Waals surface area contributed by atoms with Gasteiger partial charge in [-0.2, -0.15) is 4.31 Å². The molecule has 2 unspecified atom stereocenters. The third kappa shape index (κ3) is 4.66. The number of amides is 1. The summed E-state index contributed by atoms with van der Waals surface area (Å²) in [6, 6.07) is 8.96. The number of aryl methyl sites for hydroxylation is 2. The van der Waals surface area contributed by atoms with E-state index in [1.54, 1.807) is 31.3 Å². The molecule has 0 saturated carbocycles. The molecule has 1 saturated heterocycles. The van der Waals surface area contributed by atoms with E-state index >= 15 is 0 Å². The van der Waals surface area contributed by atoms with Crippen molar-refractivity contribution in [3.63, 3.8) is 0 Å². The van der Waals surface area contributed by atoms with Crippen molar-refractivity contribution in [3.05, 3.63) is 48.0 Å². The van der Waals surface area contributed by atoms with E-state index in [1.165, 1.54) is 18.2 Å². The zero-order valence-corrected chi connectivity index (χ0v) is 20.0. The molecule has 3 aromatic rings. The number of rotatable bonds is 6. The molecule has 0 aliphatic carbocycles. The van der Waals surface area contributed by atoms with Crippen molar-refractivity contribution < 1.29 is 27.3 Å². The second kappa shape index (κ2) is 9.51. The van der Waals surface area contributed by atoms with Crippen LogP contribution in [0.4, 0.5) is 5.69 Å². The van der Waals surface area contributed by atoms with E-state index in [4.69, 9.17) is 9.26 Å². The number of carbonyl (C=O) groups is 2. The van der Waals surface area contributed by atoms with Crippen LogP contribution in [0.5, 0.6) is 0 Å². The Labute approximate surface area is 197 Å². The minimum atomic E-state index is -3.87. The average Bonchev–Trinajstić information content (AvgIpc) is 3.17. The Morgan fingerprint density at radius 1 is 1.24 bits per heavy atom. The molecule has 11 heteroatoms. The van der Waals surface area contributed by atoms with Crippen LogP contribution < -0.4 is 5.32 Å². The van der Waals surface area contributed by atoms with Gasteiger partial charge in [-0.1, -0.05) is 11.2 Å². The molecule has 4 rings (SSSR count). The van der Waals surface area contributed by atoms with Crippen LogP contribution in [0.3, 0.4) is 0 Å². The molecule has 3 heterocycles. The summed E-state index contributed by atoms with van der Waals surface area (Å²) in [5.41, 5.74) is 1.57. The van der Waals surface area contributed by atoms with Gasteiger partial charge in [0.05, 0.1) is 17.1 Å². The molecule has 1 fully saturated rings. The average molecular weight is 487 g/mol. The standard InChI is InChI=1S/C23H26N4O6S/c1-14-21(15(2)33-26-14)34(30,31)27-12-6-7-17(13-27)23(29)32-16(3)22(28)25-20-10-4-9-19-18(20)8-5-11-24-19/h4-5,8-11,16-17H,6-7,12-13H2,1-3H3,(H,25,28). The van der Waals surface area contributed by atoms with Crippen LogP contribution >= 0.6 is 0 Å². The van der Waals surface area contributed by atoms with E-state index in [2.05, 4.69) is 15.5 Å². The first-order valence-corrected chi connectivity index (χ1v) is 12.4. The van der Waals surface area contributed by atoms with Gasteiger partial charge in [-0.25, -0.2) is 8.42 Å². The van der Waals surface area contributed by atoms with Crippen molar-refractivity contribution >= 4 is 38.5 Å². The van der Waals surface area contributed by atoms with Crippen molar-refractivity contribution in [1.29, 1.82) is 0 Å². The fraction of sp³-hybridized carbons (Fsp3) is 0.391. The first-order chi connectivity index (χ1) is 16.2. The number of pyridine rings is 1. The molecule has 0 radical (unpaired) electrons. The molecule has 2 atom stereocenters. The zero-order chi connectivity index (χ0) is 24.5. The Kier molecular flexibility index (Phi) is 6.67. The fourth-order valence-electron chi connectivity index (χ4n) is 4.10. The Balaban J connectivity index is 1.41. The third-order valence-electron chi connectivity index (χ3n) is 5.85. The number of nitrogens with zero attached hydrogens (tertiary/aromatic N) is 3. The van der Waals surface area contributed by atoms with Crippen LogP contribution in [0.2, 0.25) is 0 Å². The lowest BCUT2D eigenvalue weighted by Crippen LogP contribution is -2.44. The molecular weight excluding hydrogens is 460 g/mol. The molecule has 34 heavy (non-hydrogen) atoms. The van der Waals surface area contributed by atoms with Crippen molar-refractivity contribution in [2.24, 2.45) is 5.92 Å². The predicted molar refractivity (Wildman–Crippen MR) is 123 cm³/mol. The van der Waals surface area contributed by atoms with Gasteiger partial charge in [0.25, 0.3) is 5.91 Å². The Hall–Kier alpha value is -3.31. The lowest BCUT2D eigenvalue weighted by Gasteiger charge is -2.31. The Bertz CT molecular complexity index is 1310. The van der Waals surface area contributed by atoms with Crippen LogP contribution in [-0.2, 0) is 24.3 Å². The summed E-state index contributed by atoms with van der Waals surface area (Å²) >= 11 is 0. The molecule has 0 spiro atoms. The largest absolute Gasteiger partial charge is 0.452 e. The number of sulfonamides is 1. The summed E-state index contributed by atoms with van der Waals surface area (Å²) in [5.74, 6) is -1.57. The van der Waals surface area contributed by atoms with E-state index in [-0.39, 0.29) is 29.4 Å². The zero-order valence-electron chi connectivity index (χ0n) is 19.1. The van der Waals surface area contributed by atoms with E-state index in [0.717, 1.165) is 10.9 Å². The minimum absolute atomic E-state index is 0.0267. The van der Waals surface area contributed by atoms with Crippen molar-refractivity contribution in [2.45, 2.75) is 44.6 Å². The van der Waals surface area contributed by atoms with E-state index in [1.807, 2.05) is 12.1 Å². The fourth-order valence-corrected chi connectivity index (χ4v) is 5.91. The molecule has 1 amide bonds. The Morgan fingerprint density at radius 3 is 2.76 bits per heavy atom. The predicted octanol–water partition coefficient (Wildman–Crippen LogP) is 2.81. The van der Waals surface area contributed by atoms with Gasteiger partial charge >= 0.3 is 5.97 Å². The summed E-state index contributed by atoms with van der Waals surface area (Å²) in [4.78, 5) is 29.8. The van der Waals surface area contributed by atoms with Gasteiger partial charge < -0.3 is 14.6 Å². The maximum atomic E-state index is 13.1. The number of piperidine rings is 1. The topological polar surface area (TPSA) is 132 Å². The van der Waals surface area contributed by atoms with Crippen molar-refractivity contribution in [1.82, 2.24) is 14.4 Å². The molecule has 1 aromatic carbocycles. The highest BCUT2D eigenvalue weighted by Gasteiger charge is 2.37. The van der Waals surface area contributed by atoms with E-state index in [9.17, 15) is 18.0 Å². The van der Waals surface area contributed by atoms with Gasteiger partial charge in [-0.15, -0.1) is 0 Å². The number of benzene rings is 1. The van der Waals surface area contributed by atoms with Gasteiger partial charge in [0.1, 0.15) is 10.6 Å². The quantitative estimate of drug-likeness (QED) is 0.526. The molecule has 2 aromatic heterocycles. The molecule has 1 N–H and O–H groups in total. The van der Waals surface area contributed by atoms with Crippen LogP contribution in [0.15, 0.2) is 45.9 Å². The maximum Gasteiger partial charge on any atom is 0.311 e. The molecular formula is C23H26N4O6S. The van der Waals surface area contributed by atoms with E-state index < -0.39 is 33.9 Å². The molecule has 1 aliphatic rings. The number of hydrogen-bond donors (Lipinski definition) is 1. The highest BCUT2D eigenvalue weighted by molar-refractivity contribution is 7.89. The third-order valence-corrected chi connectivity index (χ3v) is 7.96. The van der Waals surface area contributed by atoms with Crippen LogP contribution in [0.1, 0.15) is 31.2 Å². The van der Waals surface area contributed by atoms with Crippen molar-refractivity contribution in [3.8, 4) is 0 Å². The van der Waals surface area contributed by atoms with E-state index in [0.29, 0.717) is 18.5 Å². The lowest BCUT2D eigenvalue weighted by molar-refractivity contribution is -0.158. The van der Waals surface area contributed by atoms with Gasteiger partial charge in [0.15, 0.2) is 11.9 Å². The summed E-state index contributed by atoms with van der Waals surface area (Å²) < 4.78 is 37.9. The molecule has 1 aliphatic heterocycles. The molecule has 180 valence electrons. The highest BCUT2D eigenvalue weighted by atomic mass is 32.2. The van der Waals surface area contributed by atoms with Gasteiger partial charge in [-0.3, -0.25) is 14.6 Å². The normalized spacial score (nSPS) is 17.9. The summed E-state index contributed by atoms with van der Waals surface area (Å²) in [7, 11) is -3.87. The number of anilines is 1. The number of esters is 1. The number of carbonyl (C=O) groups excluding carboxylic acids is 2. The van der Waals surface area contributed by atoms with Crippen molar-refractivity contribution in [2.75, 3.05) is 18.4 Å². The lowest BCUT2D eigenvalue weighted by atomic mass is 10.00. The summed E-state index contributed by atoms with van der Waals surface area (Å²) in [6.07, 6.45) is 1.56. The van der Waals surface area contributed by atoms with Crippen LogP contribution in [0, 0.1) is 19.8 Å². The maximum absolute atomic E-state index is 13.1. The molecule has 10 nitrogen and oxygen atoms in total. The molecule has 0 bridgehead atoms. The Morgan fingerprint density at radius 2 is 2.03 bits per heavy atom. The number of aromatic nitrogens is 2. The van der Waals surface area contributed by atoms with Gasteiger partial charge in [-0.05, 0) is 57.9 Å². The summed E-state index contributed by atoms with van der Waals surface area (Å²) in [5, 5.41) is 7.27. The SMILES string of the molecule is Cc1noc(C)c1S(=O)(=O)N1CCCC(C(=O)OC(C)C(=O)Nc2cccc3ncccc23)C1. The number of ether oxygens (including phenoxy) is 1. The number of nitrogens with one attached hydrogen (secondary N) is 1. The second-order valence-electron chi connectivity index (χ2n) is 8.30. The highest BCUT2D eigenvalue weighted by Crippen LogP contribution is 2.28. The van der Waals surface area contributed by atoms with Gasteiger partial charge in [0, 0.05) is 24.7 Å².